The fourth-order valence-corrected chi connectivity index (χ4v) is 5.23. The third kappa shape index (κ3) is 4.06. The molecule has 0 bridgehead atoms. The summed E-state index contributed by atoms with van der Waals surface area (Å²) < 4.78 is 13.6. The number of halogens is 2. The van der Waals surface area contributed by atoms with Gasteiger partial charge in [0.2, 0.25) is 0 Å². The van der Waals surface area contributed by atoms with E-state index >= 15 is 0 Å². The van der Waals surface area contributed by atoms with Crippen molar-refractivity contribution in [3.63, 3.8) is 0 Å². The van der Waals surface area contributed by atoms with E-state index < -0.39 is 0 Å². The normalized spacial score (nSPS) is 16.8. The number of ether oxygens (including phenoxy) is 2. The lowest BCUT2D eigenvalue weighted by Crippen LogP contribution is -2.31. The molecule has 0 atom stereocenters. The summed E-state index contributed by atoms with van der Waals surface area (Å²) in [6.07, 6.45) is 6.31. The summed E-state index contributed by atoms with van der Waals surface area (Å²) in [7, 11) is 1.66. The molecule has 6 rings (SSSR count). The molecule has 2 aromatic carbocycles. The Hall–Kier alpha value is -3.36. The van der Waals surface area contributed by atoms with Crippen LogP contribution in [0.5, 0.6) is 5.75 Å². The lowest BCUT2D eigenvalue weighted by molar-refractivity contribution is 0.279. The third-order valence-corrected chi connectivity index (χ3v) is 7.21. The highest BCUT2D eigenvalue weighted by molar-refractivity contribution is 9.12. The van der Waals surface area contributed by atoms with Gasteiger partial charge in [-0.3, -0.25) is 0 Å². The minimum atomic E-state index is 0.584. The molecule has 0 fully saturated rings. The van der Waals surface area contributed by atoms with Crippen LogP contribution in [0.2, 0.25) is 5.02 Å². The summed E-state index contributed by atoms with van der Waals surface area (Å²) in [5, 5.41) is 5.22. The molecule has 0 saturated carbocycles. The van der Waals surface area contributed by atoms with Crippen molar-refractivity contribution in [1.82, 2.24) is 19.7 Å². The van der Waals surface area contributed by atoms with Crippen molar-refractivity contribution in [3.05, 3.63) is 98.7 Å². The molecular weight excluding hydrogens is 530 g/mol. The molecule has 9 heteroatoms. The minimum Gasteiger partial charge on any atom is -0.497 e. The molecule has 0 radical (unpaired) electrons. The van der Waals surface area contributed by atoms with Gasteiger partial charge in [-0.2, -0.15) is 5.10 Å². The summed E-state index contributed by atoms with van der Waals surface area (Å²) in [6, 6.07) is 13.8. The molecule has 3 aliphatic heterocycles. The number of nitrogens with zero attached hydrogens (tertiary/aromatic N) is 5. The van der Waals surface area contributed by atoms with Gasteiger partial charge in [-0.15, -0.1) is 0 Å². The van der Waals surface area contributed by atoms with Crippen molar-refractivity contribution < 1.29 is 9.47 Å². The molecule has 0 aliphatic carbocycles. The van der Waals surface area contributed by atoms with Gasteiger partial charge in [-0.1, -0.05) is 29.8 Å². The molecule has 0 saturated heterocycles. The van der Waals surface area contributed by atoms with Crippen LogP contribution in [-0.2, 0) is 11.3 Å². The molecule has 0 spiro atoms. The highest BCUT2D eigenvalue weighted by Crippen LogP contribution is 2.40. The average Bonchev–Trinajstić information content (AvgIpc) is 3.47. The first-order chi connectivity index (χ1) is 17.1. The van der Waals surface area contributed by atoms with Crippen molar-refractivity contribution >= 4 is 33.4 Å². The maximum absolute atomic E-state index is 6.73. The van der Waals surface area contributed by atoms with Crippen LogP contribution >= 0.6 is 27.5 Å². The van der Waals surface area contributed by atoms with Crippen LogP contribution < -0.4 is 4.74 Å². The van der Waals surface area contributed by atoms with Crippen LogP contribution in [0.25, 0.3) is 11.4 Å². The number of benzene rings is 2. The molecule has 4 heterocycles. The topological polar surface area (TPSA) is 64.8 Å². The van der Waals surface area contributed by atoms with Crippen molar-refractivity contribution in [1.29, 1.82) is 0 Å². The second kappa shape index (κ2) is 9.02. The van der Waals surface area contributed by atoms with Gasteiger partial charge in [-0.25, -0.2) is 14.7 Å². The number of allylic oxidation sites excluding steroid dienone is 1. The van der Waals surface area contributed by atoms with E-state index in [0.29, 0.717) is 24.0 Å². The van der Waals surface area contributed by atoms with Crippen LogP contribution in [0.15, 0.2) is 87.6 Å². The molecule has 3 aliphatic rings. The van der Waals surface area contributed by atoms with E-state index in [4.69, 9.17) is 26.1 Å². The molecule has 0 N–H and O–H groups in total. The quantitative estimate of drug-likeness (QED) is 0.418. The molecule has 176 valence electrons. The Morgan fingerprint density at radius 2 is 2.03 bits per heavy atom. The SMILES string of the molecule is COc1ccc(Cn2cnc(-c3ccc(C4=NC=C5C(Br)=COCC6=C5N4CC6)cc3Cl)n2)cc1. The summed E-state index contributed by atoms with van der Waals surface area (Å²) in [6.45, 7) is 2.07. The fraction of sp³-hybridized carbons (Fsp3) is 0.192. The van der Waals surface area contributed by atoms with E-state index in [1.165, 1.54) is 11.3 Å². The van der Waals surface area contributed by atoms with Gasteiger partial charge >= 0.3 is 0 Å². The monoisotopic (exact) mass is 549 g/mol. The lowest BCUT2D eigenvalue weighted by Gasteiger charge is -2.28. The molecule has 35 heavy (non-hydrogen) atoms. The van der Waals surface area contributed by atoms with E-state index in [-0.39, 0.29) is 0 Å². The zero-order valence-electron chi connectivity index (χ0n) is 18.9. The Balaban J connectivity index is 1.26. The Morgan fingerprint density at radius 3 is 2.83 bits per heavy atom. The Kier molecular flexibility index (Phi) is 5.70. The number of hydrogen-bond acceptors (Lipinski definition) is 6. The minimum absolute atomic E-state index is 0.584. The fourth-order valence-electron chi connectivity index (χ4n) is 4.54. The van der Waals surface area contributed by atoms with Gasteiger partial charge in [0.05, 0.1) is 35.1 Å². The van der Waals surface area contributed by atoms with Crippen LogP contribution in [0, 0.1) is 0 Å². The van der Waals surface area contributed by atoms with Gasteiger partial charge in [-0.05, 0) is 57.8 Å². The smallest absolute Gasteiger partial charge is 0.182 e. The second-order valence-corrected chi connectivity index (χ2v) is 9.70. The summed E-state index contributed by atoms with van der Waals surface area (Å²) in [4.78, 5) is 11.5. The van der Waals surface area contributed by atoms with Gasteiger partial charge in [0.25, 0.3) is 0 Å². The second-order valence-electron chi connectivity index (χ2n) is 8.43. The average molecular weight is 551 g/mol. The molecule has 3 aromatic rings. The van der Waals surface area contributed by atoms with E-state index in [1.807, 2.05) is 48.7 Å². The van der Waals surface area contributed by atoms with Crippen molar-refractivity contribution in [2.75, 3.05) is 20.3 Å². The molecule has 0 unspecified atom stereocenters. The molecule has 7 nitrogen and oxygen atoms in total. The number of aliphatic imine (C=N–C) groups is 1. The van der Waals surface area contributed by atoms with Crippen molar-refractivity contribution in [2.45, 2.75) is 13.0 Å². The zero-order valence-corrected chi connectivity index (χ0v) is 21.3. The first kappa shape index (κ1) is 22.1. The van der Waals surface area contributed by atoms with E-state index in [1.54, 1.807) is 24.4 Å². The van der Waals surface area contributed by atoms with Gasteiger partial charge in [0, 0.05) is 29.4 Å². The highest BCUT2D eigenvalue weighted by atomic mass is 79.9. The van der Waals surface area contributed by atoms with Gasteiger partial charge in [0.1, 0.15) is 24.5 Å². The summed E-state index contributed by atoms with van der Waals surface area (Å²) in [5.41, 5.74) is 6.35. The van der Waals surface area contributed by atoms with Crippen LogP contribution in [0.3, 0.4) is 0 Å². The van der Waals surface area contributed by atoms with Crippen LogP contribution in [0.1, 0.15) is 17.5 Å². The summed E-state index contributed by atoms with van der Waals surface area (Å²) in [5.74, 6) is 2.29. The van der Waals surface area contributed by atoms with E-state index in [0.717, 1.165) is 51.3 Å². The lowest BCUT2D eigenvalue weighted by atomic mass is 10.1. The predicted octanol–water partition coefficient (Wildman–Crippen LogP) is 5.53. The Bertz CT molecular complexity index is 1440. The maximum atomic E-state index is 6.73. The highest BCUT2D eigenvalue weighted by Gasteiger charge is 2.34. The number of rotatable bonds is 5. The maximum Gasteiger partial charge on any atom is 0.182 e. The standard InChI is InChI=1S/C26H21BrClN5O2/c1-34-19-5-2-16(3-6-19)12-32-15-30-25(31-32)20-7-4-17(10-23(20)28)26-29-11-21-22(27)14-35-13-18-8-9-33(26)24(18)21/h2-7,10-11,14-15H,8-9,12-13H2,1H3. The van der Waals surface area contributed by atoms with Crippen LogP contribution in [-0.4, -0.2) is 45.8 Å². The van der Waals surface area contributed by atoms with E-state index in [9.17, 15) is 0 Å². The first-order valence-electron chi connectivity index (χ1n) is 11.2. The molecule has 1 aromatic heterocycles. The van der Waals surface area contributed by atoms with Crippen LogP contribution in [0.4, 0.5) is 0 Å². The van der Waals surface area contributed by atoms with E-state index in [2.05, 4.69) is 30.9 Å². The number of hydrogen-bond donors (Lipinski definition) is 0. The van der Waals surface area contributed by atoms with Gasteiger partial charge in [0.15, 0.2) is 5.82 Å². The number of aromatic nitrogens is 3. The van der Waals surface area contributed by atoms with Gasteiger partial charge < -0.3 is 14.4 Å². The van der Waals surface area contributed by atoms with Crippen molar-refractivity contribution in [2.24, 2.45) is 4.99 Å². The number of methoxy groups -OCH3 is 1. The van der Waals surface area contributed by atoms with Crippen molar-refractivity contribution in [3.8, 4) is 17.1 Å². The number of amidine groups is 1. The largest absolute Gasteiger partial charge is 0.497 e. The predicted molar refractivity (Wildman–Crippen MR) is 138 cm³/mol. The Labute approximate surface area is 216 Å². The third-order valence-electron chi connectivity index (χ3n) is 6.28. The Morgan fingerprint density at radius 1 is 1.17 bits per heavy atom. The molecule has 0 amide bonds. The molecular formula is C26H21BrClN5O2. The first-order valence-corrected chi connectivity index (χ1v) is 12.4. The summed E-state index contributed by atoms with van der Waals surface area (Å²) >= 11 is 10.3. The zero-order chi connectivity index (χ0) is 23.9.